The summed E-state index contributed by atoms with van der Waals surface area (Å²) in [4.78, 5) is 0. The molecule has 0 aromatic carbocycles. The number of aliphatic hydroxyl groups is 4. The monoisotopic (exact) mass is 150 g/mol. The molecule has 62 valence electrons. The van der Waals surface area contributed by atoms with E-state index in [9.17, 15) is 0 Å². The van der Waals surface area contributed by atoms with Crippen molar-refractivity contribution in [1.82, 2.24) is 0 Å². The summed E-state index contributed by atoms with van der Waals surface area (Å²) >= 11 is 0. The number of hydrogen-bond acceptors (Lipinski definition) is 4. The van der Waals surface area contributed by atoms with Crippen LogP contribution < -0.4 is 0 Å². The van der Waals surface area contributed by atoms with Gasteiger partial charge in [-0.1, -0.05) is 0 Å². The lowest BCUT2D eigenvalue weighted by Gasteiger charge is -2.13. The molecule has 4 heteroatoms. The van der Waals surface area contributed by atoms with Crippen LogP contribution in [0.5, 0.6) is 0 Å². The molecule has 0 fully saturated rings. The van der Waals surface area contributed by atoms with Crippen LogP contribution in [0, 0.1) is 0 Å². The second kappa shape index (κ2) is 5.61. The number of rotatable bonds is 5. The van der Waals surface area contributed by atoms with E-state index in [2.05, 4.69) is 0 Å². The van der Waals surface area contributed by atoms with Gasteiger partial charge in [-0.05, 0) is 12.8 Å². The fraction of sp³-hybridized carbons (Fsp3) is 1.00. The van der Waals surface area contributed by atoms with E-state index in [-0.39, 0.29) is 6.61 Å². The largest absolute Gasteiger partial charge is 0.396 e. The average Bonchev–Trinajstić information content (AvgIpc) is 1.98. The van der Waals surface area contributed by atoms with E-state index >= 15 is 0 Å². The van der Waals surface area contributed by atoms with Crippen molar-refractivity contribution < 1.29 is 20.4 Å². The molecule has 4 nitrogen and oxygen atoms in total. The lowest BCUT2D eigenvalue weighted by atomic mass is 10.1. The summed E-state index contributed by atoms with van der Waals surface area (Å²) in [6.07, 6.45) is -1.24. The molecule has 0 saturated carbocycles. The Balaban J connectivity index is 3.31. The van der Waals surface area contributed by atoms with Crippen LogP contribution in [0.3, 0.4) is 0 Å². The van der Waals surface area contributed by atoms with Crippen LogP contribution in [0.4, 0.5) is 0 Å². The minimum atomic E-state index is -1.08. The smallest absolute Gasteiger partial charge is 0.103 e. The standard InChI is InChI=1S/C6H14O4/c7-3-1-2-5(9)6(10)4-8/h5-10H,1-4H2. The molecule has 10 heavy (non-hydrogen) atoms. The van der Waals surface area contributed by atoms with E-state index in [0.717, 1.165) is 0 Å². The second-order valence-corrected chi connectivity index (χ2v) is 2.18. The normalized spacial score (nSPS) is 16.8. The minimum absolute atomic E-state index is 0.00475. The summed E-state index contributed by atoms with van der Waals surface area (Å²) in [5, 5.41) is 34.3. The van der Waals surface area contributed by atoms with Gasteiger partial charge in [0.05, 0.1) is 12.7 Å². The van der Waals surface area contributed by atoms with Gasteiger partial charge in [-0.3, -0.25) is 0 Å². The lowest BCUT2D eigenvalue weighted by molar-refractivity contribution is -0.0199. The second-order valence-electron chi connectivity index (χ2n) is 2.18. The third-order valence-corrected chi connectivity index (χ3v) is 1.29. The van der Waals surface area contributed by atoms with E-state index in [1.54, 1.807) is 0 Å². The average molecular weight is 150 g/mol. The maximum absolute atomic E-state index is 8.93. The first-order valence-electron chi connectivity index (χ1n) is 3.30. The van der Waals surface area contributed by atoms with Gasteiger partial charge in [0.1, 0.15) is 6.10 Å². The van der Waals surface area contributed by atoms with Crippen LogP contribution in [-0.4, -0.2) is 45.8 Å². The molecular weight excluding hydrogens is 136 g/mol. The molecule has 0 bridgehead atoms. The third-order valence-electron chi connectivity index (χ3n) is 1.29. The topological polar surface area (TPSA) is 80.9 Å². The summed E-state index contributed by atoms with van der Waals surface area (Å²) in [7, 11) is 0. The molecule has 0 aliphatic heterocycles. The molecule has 2 unspecified atom stereocenters. The molecular formula is C6H14O4. The Morgan fingerprint density at radius 1 is 1.00 bits per heavy atom. The van der Waals surface area contributed by atoms with Crippen LogP contribution in [-0.2, 0) is 0 Å². The van der Waals surface area contributed by atoms with Crippen molar-refractivity contribution in [3.63, 3.8) is 0 Å². The van der Waals surface area contributed by atoms with Gasteiger partial charge in [0, 0.05) is 6.61 Å². The Morgan fingerprint density at radius 3 is 2.00 bits per heavy atom. The molecule has 0 aromatic heterocycles. The summed E-state index contributed by atoms with van der Waals surface area (Å²) in [5.74, 6) is 0. The number of aliphatic hydroxyl groups excluding tert-OH is 4. The first kappa shape index (κ1) is 9.84. The first-order valence-corrected chi connectivity index (χ1v) is 3.30. The van der Waals surface area contributed by atoms with Crippen LogP contribution in [0.1, 0.15) is 12.8 Å². The highest BCUT2D eigenvalue weighted by atomic mass is 16.4. The predicted octanol–water partition coefficient (Wildman–Crippen LogP) is -1.53. The van der Waals surface area contributed by atoms with Gasteiger partial charge >= 0.3 is 0 Å². The van der Waals surface area contributed by atoms with Crippen molar-refractivity contribution in [1.29, 1.82) is 0 Å². The fourth-order valence-electron chi connectivity index (χ4n) is 0.614. The minimum Gasteiger partial charge on any atom is -0.396 e. The van der Waals surface area contributed by atoms with E-state index in [1.165, 1.54) is 0 Å². The van der Waals surface area contributed by atoms with Gasteiger partial charge in [0.25, 0.3) is 0 Å². The van der Waals surface area contributed by atoms with Crippen LogP contribution in [0.15, 0.2) is 0 Å². The van der Waals surface area contributed by atoms with Crippen molar-refractivity contribution in [2.45, 2.75) is 25.0 Å². The predicted molar refractivity (Wildman–Crippen MR) is 35.4 cm³/mol. The van der Waals surface area contributed by atoms with Gasteiger partial charge in [-0.15, -0.1) is 0 Å². The summed E-state index contributed by atoms with van der Waals surface area (Å²) < 4.78 is 0. The van der Waals surface area contributed by atoms with Crippen molar-refractivity contribution in [2.24, 2.45) is 0 Å². The van der Waals surface area contributed by atoms with E-state index in [0.29, 0.717) is 12.8 Å². The van der Waals surface area contributed by atoms with Gasteiger partial charge in [0.15, 0.2) is 0 Å². The molecule has 0 saturated heterocycles. The Kier molecular flexibility index (Phi) is 5.52. The zero-order valence-corrected chi connectivity index (χ0v) is 5.77. The quantitative estimate of drug-likeness (QED) is 0.383. The Hall–Kier alpha value is -0.160. The maximum Gasteiger partial charge on any atom is 0.103 e. The zero-order valence-electron chi connectivity index (χ0n) is 5.77. The van der Waals surface area contributed by atoms with Crippen molar-refractivity contribution in [3.8, 4) is 0 Å². The molecule has 0 aromatic rings. The van der Waals surface area contributed by atoms with Crippen LogP contribution in [0.25, 0.3) is 0 Å². The Labute approximate surface area is 59.7 Å². The maximum atomic E-state index is 8.93. The molecule has 0 aliphatic rings. The van der Waals surface area contributed by atoms with E-state index < -0.39 is 18.8 Å². The summed E-state index contributed by atoms with van der Waals surface area (Å²) in [6, 6.07) is 0. The van der Waals surface area contributed by atoms with E-state index in [4.69, 9.17) is 20.4 Å². The molecule has 0 radical (unpaired) electrons. The molecule has 0 spiro atoms. The van der Waals surface area contributed by atoms with Crippen LogP contribution in [0.2, 0.25) is 0 Å². The fourth-order valence-corrected chi connectivity index (χ4v) is 0.614. The molecule has 2 atom stereocenters. The van der Waals surface area contributed by atoms with Gasteiger partial charge in [-0.25, -0.2) is 0 Å². The summed E-state index contributed by atoms with van der Waals surface area (Å²) in [6.45, 7) is -0.443. The zero-order chi connectivity index (χ0) is 7.98. The van der Waals surface area contributed by atoms with Crippen molar-refractivity contribution in [3.05, 3.63) is 0 Å². The van der Waals surface area contributed by atoms with Crippen molar-refractivity contribution in [2.75, 3.05) is 13.2 Å². The Morgan fingerprint density at radius 2 is 1.60 bits per heavy atom. The SMILES string of the molecule is OCCCC(O)C(O)CO. The Bertz CT molecular complexity index is 76.1. The van der Waals surface area contributed by atoms with Gasteiger partial charge in [0.2, 0.25) is 0 Å². The molecule has 4 N–H and O–H groups in total. The molecule has 0 aliphatic carbocycles. The van der Waals surface area contributed by atoms with Crippen LogP contribution >= 0.6 is 0 Å². The molecule has 0 rings (SSSR count). The summed E-state index contributed by atoms with van der Waals surface area (Å²) in [5.41, 5.74) is 0. The highest BCUT2D eigenvalue weighted by Gasteiger charge is 2.13. The number of hydrogen-bond donors (Lipinski definition) is 4. The first-order chi connectivity index (χ1) is 4.72. The lowest BCUT2D eigenvalue weighted by Crippen LogP contribution is -2.29. The highest BCUT2D eigenvalue weighted by Crippen LogP contribution is 2.00. The van der Waals surface area contributed by atoms with Crippen molar-refractivity contribution >= 4 is 0 Å². The van der Waals surface area contributed by atoms with E-state index in [1.807, 2.05) is 0 Å². The van der Waals surface area contributed by atoms with Gasteiger partial charge < -0.3 is 20.4 Å². The molecule has 0 amide bonds. The molecule has 0 heterocycles. The van der Waals surface area contributed by atoms with Gasteiger partial charge in [-0.2, -0.15) is 0 Å². The highest BCUT2D eigenvalue weighted by molar-refractivity contribution is 4.64. The third kappa shape index (κ3) is 3.79.